The van der Waals surface area contributed by atoms with Crippen molar-refractivity contribution in [3.8, 4) is 0 Å². The Kier molecular flexibility index (Phi) is 11.6. The van der Waals surface area contributed by atoms with Crippen LogP contribution in [0.1, 0.15) is 25.7 Å². The van der Waals surface area contributed by atoms with Gasteiger partial charge in [-0.2, -0.15) is 0 Å². The van der Waals surface area contributed by atoms with Crippen molar-refractivity contribution in [2.24, 2.45) is 0 Å². The van der Waals surface area contributed by atoms with Crippen LogP contribution in [0.25, 0.3) is 0 Å². The number of allylic oxidation sites excluding steroid dienone is 9. The Balaban J connectivity index is 3.42. The van der Waals surface area contributed by atoms with Gasteiger partial charge in [0.05, 0.1) is 0 Å². The summed E-state index contributed by atoms with van der Waals surface area (Å²) in [6, 6.07) is 0. The quantitative estimate of drug-likeness (QED) is 0.391. The smallest absolute Gasteiger partial charge is 0.0166 e. The number of hydrogen-bond acceptors (Lipinski definition) is 0. The fourth-order valence-corrected chi connectivity index (χ4v) is 0.970. The molecule has 0 bridgehead atoms. The van der Waals surface area contributed by atoms with E-state index < -0.39 is 0 Å². The highest BCUT2D eigenvalue weighted by Gasteiger charge is 1.72. The molecule has 0 fully saturated rings. The van der Waals surface area contributed by atoms with Gasteiger partial charge < -0.3 is 0 Å². The summed E-state index contributed by atoms with van der Waals surface area (Å²) in [5.41, 5.74) is 0. The molecule has 0 saturated heterocycles. The second-order valence-corrected chi connectivity index (χ2v) is 3.08. The minimum Gasteiger partial charge on any atom is -0.103 e. The zero-order valence-electron chi connectivity index (χ0n) is 9.44. The summed E-state index contributed by atoms with van der Waals surface area (Å²) in [6.07, 6.45) is 22.6. The van der Waals surface area contributed by atoms with Crippen molar-refractivity contribution in [3.63, 3.8) is 0 Å². The predicted molar refractivity (Wildman–Crippen MR) is 70.6 cm³/mol. The van der Waals surface area contributed by atoms with Crippen LogP contribution in [-0.4, -0.2) is 0 Å². The molecule has 0 saturated carbocycles. The Bertz CT molecular complexity index is 239. The molecule has 15 heavy (non-hydrogen) atoms. The van der Waals surface area contributed by atoms with Gasteiger partial charge in [0.2, 0.25) is 0 Å². The Hall–Kier alpha value is -1.30. The first-order chi connectivity index (χ1) is 7.41. The molecule has 0 amide bonds. The third-order valence-electron chi connectivity index (χ3n) is 1.73. The minimum absolute atomic E-state index is 0.855. The summed E-state index contributed by atoms with van der Waals surface area (Å²) >= 11 is 0. The van der Waals surface area contributed by atoms with E-state index in [4.69, 9.17) is 0 Å². The van der Waals surface area contributed by atoms with Gasteiger partial charge in [-0.3, -0.25) is 0 Å². The van der Waals surface area contributed by atoms with Gasteiger partial charge >= 0.3 is 0 Å². The summed E-state index contributed by atoms with van der Waals surface area (Å²) in [5, 5.41) is 0. The predicted octanol–water partition coefficient (Wildman–Crippen LogP) is 4.79. The van der Waals surface area contributed by atoms with Crippen molar-refractivity contribution in [1.82, 2.24) is 0 Å². The lowest BCUT2D eigenvalue weighted by molar-refractivity contribution is 1.28. The lowest BCUT2D eigenvalue weighted by Crippen LogP contribution is -1.62. The first-order valence-corrected chi connectivity index (χ1v) is 5.43. The number of rotatable bonds is 8. The van der Waals surface area contributed by atoms with E-state index in [1.54, 1.807) is 0 Å². The van der Waals surface area contributed by atoms with Gasteiger partial charge in [-0.15, -0.1) is 6.58 Å². The zero-order chi connectivity index (χ0) is 11.2. The van der Waals surface area contributed by atoms with E-state index in [0.29, 0.717) is 0 Å². The standard InChI is InChI=1S/C15H21/c1-3-5-7-9-11-13-15-14-12-10-8-6-4-2/h3,6-10,12-13,15H,1-2,4-5,11,14H2. The van der Waals surface area contributed by atoms with Crippen LogP contribution in [0.2, 0.25) is 0 Å². The fraction of sp³-hybridized carbons (Fsp3) is 0.267. The van der Waals surface area contributed by atoms with Crippen LogP contribution in [0.5, 0.6) is 0 Å². The third kappa shape index (κ3) is 12.7. The monoisotopic (exact) mass is 201 g/mol. The van der Waals surface area contributed by atoms with Crippen molar-refractivity contribution in [2.75, 3.05) is 0 Å². The summed E-state index contributed by atoms with van der Waals surface area (Å²) in [5.74, 6) is 0. The maximum absolute atomic E-state index is 3.72. The van der Waals surface area contributed by atoms with E-state index >= 15 is 0 Å². The van der Waals surface area contributed by atoms with Gasteiger partial charge in [-0.05, 0) is 32.6 Å². The molecule has 0 heteroatoms. The highest BCUT2D eigenvalue weighted by atomic mass is 13.8. The number of hydrogen-bond donors (Lipinski definition) is 0. The Morgan fingerprint density at radius 3 is 1.80 bits per heavy atom. The van der Waals surface area contributed by atoms with Crippen molar-refractivity contribution in [2.45, 2.75) is 25.7 Å². The van der Waals surface area contributed by atoms with E-state index in [1.165, 1.54) is 0 Å². The van der Waals surface area contributed by atoms with Crippen LogP contribution in [0.15, 0.2) is 61.3 Å². The molecular weight excluding hydrogens is 180 g/mol. The molecule has 81 valence electrons. The highest BCUT2D eigenvalue weighted by molar-refractivity contribution is 5.05. The Morgan fingerprint density at radius 1 is 0.667 bits per heavy atom. The molecule has 0 aliphatic carbocycles. The molecule has 0 aromatic heterocycles. The topological polar surface area (TPSA) is 0 Å². The maximum Gasteiger partial charge on any atom is -0.0166 e. The lowest BCUT2D eigenvalue weighted by atomic mass is 10.2. The van der Waals surface area contributed by atoms with Crippen LogP contribution in [0.3, 0.4) is 0 Å². The van der Waals surface area contributed by atoms with Gasteiger partial charge in [-0.25, -0.2) is 0 Å². The molecular formula is C15H21. The summed E-state index contributed by atoms with van der Waals surface area (Å²) in [7, 11) is 0. The average Bonchev–Trinajstić information content (AvgIpc) is 2.26. The van der Waals surface area contributed by atoms with Crippen LogP contribution < -0.4 is 0 Å². The van der Waals surface area contributed by atoms with E-state index in [-0.39, 0.29) is 0 Å². The third-order valence-corrected chi connectivity index (χ3v) is 1.73. The molecule has 0 heterocycles. The second-order valence-electron chi connectivity index (χ2n) is 3.08. The van der Waals surface area contributed by atoms with Gasteiger partial charge in [0, 0.05) is 0 Å². The fourth-order valence-electron chi connectivity index (χ4n) is 0.970. The van der Waals surface area contributed by atoms with E-state index in [1.807, 2.05) is 18.2 Å². The van der Waals surface area contributed by atoms with E-state index in [2.05, 4.69) is 50.0 Å². The van der Waals surface area contributed by atoms with Crippen molar-refractivity contribution >= 4 is 0 Å². The van der Waals surface area contributed by atoms with E-state index in [0.717, 1.165) is 25.7 Å². The summed E-state index contributed by atoms with van der Waals surface area (Å²) < 4.78 is 0. The normalized spacial score (nSPS) is 12.6. The van der Waals surface area contributed by atoms with Crippen molar-refractivity contribution in [1.29, 1.82) is 0 Å². The van der Waals surface area contributed by atoms with Gasteiger partial charge in [-0.1, -0.05) is 54.7 Å². The Labute approximate surface area is 94.4 Å². The molecule has 0 rings (SSSR count). The highest BCUT2D eigenvalue weighted by Crippen LogP contribution is 1.93. The van der Waals surface area contributed by atoms with Crippen LogP contribution >= 0.6 is 0 Å². The van der Waals surface area contributed by atoms with E-state index in [9.17, 15) is 0 Å². The molecule has 0 atom stereocenters. The first-order valence-electron chi connectivity index (χ1n) is 5.43. The van der Waals surface area contributed by atoms with Crippen LogP contribution in [0.4, 0.5) is 0 Å². The molecule has 0 nitrogen and oxygen atoms in total. The molecule has 0 N–H and O–H groups in total. The SMILES string of the molecule is [CH2]CC=CC=CCC=CCC=CCC=C. The van der Waals surface area contributed by atoms with Crippen LogP contribution in [0, 0.1) is 6.92 Å². The average molecular weight is 201 g/mol. The first kappa shape index (κ1) is 13.7. The van der Waals surface area contributed by atoms with Crippen molar-refractivity contribution in [3.05, 3.63) is 68.2 Å². The molecule has 0 aliphatic heterocycles. The van der Waals surface area contributed by atoms with Gasteiger partial charge in [0.1, 0.15) is 0 Å². The molecule has 1 radical (unpaired) electrons. The summed E-state index contributed by atoms with van der Waals surface area (Å²) in [4.78, 5) is 0. The molecule has 0 aliphatic rings. The van der Waals surface area contributed by atoms with Gasteiger partial charge in [0.25, 0.3) is 0 Å². The van der Waals surface area contributed by atoms with Crippen LogP contribution in [-0.2, 0) is 0 Å². The molecule has 0 spiro atoms. The molecule has 0 unspecified atom stereocenters. The zero-order valence-corrected chi connectivity index (χ0v) is 9.44. The molecule has 0 aromatic rings. The minimum atomic E-state index is 0.855. The Morgan fingerprint density at radius 2 is 1.20 bits per heavy atom. The largest absolute Gasteiger partial charge is 0.103 e. The van der Waals surface area contributed by atoms with Crippen molar-refractivity contribution < 1.29 is 0 Å². The molecule has 0 aromatic carbocycles. The maximum atomic E-state index is 3.72. The van der Waals surface area contributed by atoms with Gasteiger partial charge in [0.15, 0.2) is 0 Å². The second kappa shape index (κ2) is 12.7. The lowest BCUT2D eigenvalue weighted by Gasteiger charge is -1.83. The summed E-state index contributed by atoms with van der Waals surface area (Å²) in [6.45, 7) is 7.37.